The molecule has 3 aliphatic heterocycles. The van der Waals surface area contributed by atoms with Crippen molar-refractivity contribution in [1.82, 2.24) is 45.9 Å². The molecule has 2 saturated carbocycles. The van der Waals surface area contributed by atoms with Crippen LogP contribution < -0.4 is 37.9 Å². The summed E-state index contributed by atoms with van der Waals surface area (Å²) in [6.45, 7) is 18.3. The molecule has 11 N–H and O–H groups in total. The maximum Gasteiger partial charge on any atom is 0.329 e. The first kappa shape index (κ1) is 84.4. The van der Waals surface area contributed by atoms with E-state index in [0.717, 1.165) is 34.1 Å². The Labute approximate surface area is 644 Å². The number of benzene rings is 4. The molecule has 33 heteroatoms. The highest BCUT2D eigenvalue weighted by Crippen LogP contribution is 2.41. The fourth-order valence-electron chi connectivity index (χ4n) is 15.3. The number of esters is 2. The zero-order chi connectivity index (χ0) is 83.0. The molecule has 2 saturated heterocycles. The van der Waals surface area contributed by atoms with E-state index in [0.29, 0.717) is 44.1 Å². The summed E-state index contributed by atoms with van der Waals surface area (Å²) in [5, 5.41) is 58.4. The maximum absolute atomic E-state index is 15.2. The summed E-state index contributed by atoms with van der Waals surface area (Å²) in [5.74, 6) is -17.6. The fourth-order valence-corrected chi connectivity index (χ4v) is 15.3. The van der Waals surface area contributed by atoms with E-state index in [2.05, 4.69) is 21.3 Å². The number of hydrogen-bond donors (Lipinski definition) is 10. The van der Waals surface area contributed by atoms with Crippen LogP contribution in [0.15, 0.2) is 60.9 Å². The summed E-state index contributed by atoms with van der Waals surface area (Å²) < 4.78 is 23.7. The van der Waals surface area contributed by atoms with Gasteiger partial charge in [-0.15, -0.1) is 0 Å². The number of hydrogen-bond acceptors (Lipinski definition) is 25. The second-order valence-electron chi connectivity index (χ2n) is 30.9. The normalized spacial score (nSPS) is 24.5. The number of anilines is 1. The van der Waals surface area contributed by atoms with Gasteiger partial charge >= 0.3 is 11.9 Å². The van der Waals surface area contributed by atoms with Crippen LogP contribution in [0.4, 0.5) is 5.69 Å². The Hall–Kier alpha value is -11.7. The Morgan fingerprint density at radius 2 is 1.04 bits per heavy atom. The van der Waals surface area contributed by atoms with Gasteiger partial charge in [0.1, 0.15) is 70.1 Å². The zero-order valence-corrected chi connectivity index (χ0v) is 65.3. The van der Waals surface area contributed by atoms with Gasteiger partial charge in [-0.2, -0.15) is 0 Å². The maximum atomic E-state index is 15.2. The van der Waals surface area contributed by atoms with E-state index in [1.54, 1.807) is 62.3 Å². The highest BCUT2D eigenvalue weighted by Gasteiger charge is 2.48. The highest BCUT2D eigenvalue weighted by atomic mass is 16.6. The molecule has 12 unspecified atom stereocenters. The quantitative estimate of drug-likeness (QED) is 0.0406. The summed E-state index contributed by atoms with van der Waals surface area (Å²) in [6.07, 6.45) is -0.654. The molecule has 4 aromatic rings. The van der Waals surface area contributed by atoms with Gasteiger partial charge < -0.3 is 90.4 Å². The first-order chi connectivity index (χ1) is 52.5. The average Bonchev–Trinajstić information content (AvgIpc) is 0.885. The number of rotatable bonds is 9. The Morgan fingerprint density at radius 3 is 1.50 bits per heavy atom. The number of aromatic nitrogens is 1. The number of Topliss-reactive ketones (excluding diaryl/α,β-unsaturated/α-hetero) is 2. The standard InChI is InChI=1S/C64H88N10O16.C15H10O7/c1-27(2)44-53(78)35-19-17-21-37(35)61(84)71(13)25-40(75)73(15)50(29(5)6)63(86)88-33(11)46(59(82)67-44)69-57(80)39-24-23-31(9)55-48(39)66-49-42(43(65)52(77)32(10)56(49)90-55)58(81)70-47-34(12)89-64(87)51(30(7)8)74(16)41(76)26-72(14)62(85)38-22-18-20-36(38)54(79)45(28(3)4)68-60(47)83;16-7-4-10(19)12-11(5-7)22-15(14(21)13(12)20)6-1-2-8(17)9(18)3-6/h23-24,27-30,33-38,44-47,50-51H,17-22,25-26,65H2,1-16H3,(H,67,82)(H,68,83)(H,69,80)(H,70,81);1-5,16-19,21H. The molecule has 10 rings (SSSR count). The fraction of sp³-hybridized carbons (Fsp3) is 0.506. The summed E-state index contributed by atoms with van der Waals surface area (Å²) in [4.78, 5) is 209. The van der Waals surface area contributed by atoms with E-state index in [1.807, 2.05) is 0 Å². The van der Waals surface area contributed by atoms with E-state index < -0.39 is 219 Å². The van der Waals surface area contributed by atoms with Crippen LogP contribution in [0.1, 0.15) is 140 Å². The van der Waals surface area contributed by atoms with Crippen molar-refractivity contribution >= 4 is 98.5 Å². The summed E-state index contributed by atoms with van der Waals surface area (Å²) in [5.41, 5.74) is 2.78. The molecule has 4 fully saturated rings. The molecule has 33 nitrogen and oxygen atoms in total. The first-order valence-corrected chi connectivity index (χ1v) is 37.1. The lowest BCUT2D eigenvalue weighted by Crippen LogP contribution is -2.59. The van der Waals surface area contributed by atoms with Gasteiger partial charge in [-0.25, -0.2) is 14.6 Å². The smallest absolute Gasteiger partial charge is 0.329 e. The number of nitrogens with zero attached hydrogens (tertiary/aromatic N) is 5. The van der Waals surface area contributed by atoms with Gasteiger partial charge in [0.15, 0.2) is 40.2 Å². The van der Waals surface area contributed by atoms with Crippen molar-refractivity contribution in [2.75, 3.05) is 47.0 Å². The molecule has 112 heavy (non-hydrogen) atoms. The second-order valence-corrected chi connectivity index (χ2v) is 30.9. The third-order valence-corrected chi connectivity index (χ3v) is 21.5. The molecule has 602 valence electrons. The van der Waals surface area contributed by atoms with Crippen LogP contribution in [0.25, 0.3) is 44.8 Å². The molecule has 0 radical (unpaired) electrons. The molecular weight excluding hydrogens is 1460 g/mol. The lowest BCUT2D eigenvalue weighted by molar-refractivity contribution is -0.163. The van der Waals surface area contributed by atoms with Crippen molar-refractivity contribution in [2.24, 2.45) is 47.3 Å². The summed E-state index contributed by atoms with van der Waals surface area (Å²) in [6, 6.07) is -0.0737. The van der Waals surface area contributed by atoms with Crippen LogP contribution in [0.2, 0.25) is 0 Å². The molecule has 8 amide bonds. The minimum atomic E-state index is -1.86. The van der Waals surface area contributed by atoms with E-state index in [-0.39, 0.29) is 67.5 Å². The van der Waals surface area contributed by atoms with Crippen molar-refractivity contribution in [3.05, 3.63) is 85.2 Å². The van der Waals surface area contributed by atoms with Crippen molar-refractivity contribution in [1.29, 1.82) is 0 Å². The molecule has 4 heterocycles. The Balaban J connectivity index is 0.000000556. The molecule has 6 aliphatic rings. The summed E-state index contributed by atoms with van der Waals surface area (Å²) >= 11 is 0. The largest absolute Gasteiger partial charge is 0.508 e. The van der Waals surface area contributed by atoms with E-state index in [9.17, 15) is 83.1 Å². The van der Waals surface area contributed by atoms with Crippen LogP contribution in [-0.4, -0.2) is 211 Å². The number of aromatic hydroxyl groups is 5. The molecule has 0 spiro atoms. The van der Waals surface area contributed by atoms with Crippen LogP contribution in [0.3, 0.4) is 0 Å². The minimum absolute atomic E-state index is 0.0668. The topological polar surface area (TPSA) is 485 Å². The van der Waals surface area contributed by atoms with Crippen molar-refractivity contribution in [3.8, 4) is 51.5 Å². The van der Waals surface area contributed by atoms with Crippen LogP contribution in [0, 0.1) is 61.2 Å². The average molecular weight is 1560 g/mol. The summed E-state index contributed by atoms with van der Waals surface area (Å²) in [7, 11) is 5.66. The molecule has 0 bridgehead atoms. The molecule has 3 aliphatic carbocycles. The number of phenols is 4. The monoisotopic (exact) mass is 1550 g/mol. The van der Waals surface area contributed by atoms with Crippen LogP contribution >= 0.6 is 0 Å². The number of amides is 8. The second kappa shape index (κ2) is 33.9. The third-order valence-electron chi connectivity index (χ3n) is 21.5. The van der Waals surface area contributed by atoms with E-state index in [1.165, 1.54) is 77.0 Å². The highest BCUT2D eigenvalue weighted by molar-refractivity contribution is 6.11. The van der Waals surface area contributed by atoms with Gasteiger partial charge in [-0.05, 0) is 107 Å². The lowest BCUT2D eigenvalue weighted by Gasteiger charge is -2.35. The predicted molar refractivity (Wildman–Crippen MR) is 404 cm³/mol. The van der Waals surface area contributed by atoms with Crippen molar-refractivity contribution in [3.63, 3.8) is 0 Å². The van der Waals surface area contributed by atoms with Gasteiger partial charge in [-0.1, -0.05) is 74.3 Å². The number of aryl methyl sites for hydroxylation is 1. The van der Waals surface area contributed by atoms with Crippen LogP contribution in [0.5, 0.6) is 28.7 Å². The molecular formula is C79H98N10O23. The Bertz CT molecular complexity index is 4870. The number of ketones is 2. The SMILES string of the molecule is Cc1c2oc3c(C)ccc(C(=O)NC4C(=O)NC(C(C)C)C(=O)C5CCCC5C(=O)N(C)CC(=O)N(C)C(C(C)C)C(=O)OC4C)c3nc-2c(C(=O)NC2C(=O)NC(C(C)C)C(=O)C3CCCC3C(=O)N(C)CC(=O)N(C)C(C(C)C)C(=O)OC2C)c(N)c1=O.O=c1c(O)c(-c2ccc(O)c(O)c2)oc2cc(O)cc(O)c12. The number of likely N-dealkylation sites (N-methyl/N-ethyl adjacent to an activating group) is 4. The van der Waals surface area contributed by atoms with E-state index in [4.69, 9.17) is 29.0 Å². The van der Waals surface area contributed by atoms with Crippen molar-refractivity contribution in [2.45, 2.75) is 170 Å². The number of nitrogens with one attached hydrogen (secondary N) is 4. The van der Waals surface area contributed by atoms with Gasteiger partial charge in [0.25, 0.3) is 11.8 Å². The first-order valence-electron chi connectivity index (χ1n) is 37.1. The molecule has 1 aromatic heterocycles. The number of cyclic esters (lactones) is 2. The van der Waals surface area contributed by atoms with Gasteiger partial charge in [0.2, 0.25) is 52.1 Å². The third kappa shape index (κ3) is 17.0. The number of carbonyl (C=O) groups is 12. The lowest BCUT2D eigenvalue weighted by atomic mass is 9.83. The van der Waals surface area contributed by atoms with Gasteiger partial charge in [0, 0.05) is 75.1 Å². The van der Waals surface area contributed by atoms with Gasteiger partial charge in [0.05, 0.1) is 42.0 Å². The zero-order valence-electron chi connectivity index (χ0n) is 65.3. The van der Waals surface area contributed by atoms with Crippen molar-refractivity contribution < 1.29 is 101 Å². The number of fused-ring (bicyclic) bond motifs is 5. The number of nitrogen functional groups attached to an aromatic ring is 1. The molecule has 3 aromatic carbocycles. The van der Waals surface area contributed by atoms with E-state index >= 15 is 9.59 Å². The Kier molecular flexibility index (Phi) is 25.5. The number of nitrogens with two attached hydrogens (primary N) is 1. The number of carbonyl (C=O) groups excluding carboxylic acids is 12. The van der Waals surface area contributed by atoms with Crippen LogP contribution in [-0.2, 0) is 57.4 Å². The predicted octanol–water partition coefficient (Wildman–Crippen LogP) is 4.70. The van der Waals surface area contributed by atoms with Gasteiger partial charge in [-0.3, -0.25) is 57.5 Å². The number of phenolic OH excluding ortho intramolecular Hbond substituents is 4. The molecule has 12 atom stereocenters. The Morgan fingerprint density at radius 1 is 0.562 bits per heavy atom. The minimum Gasteiger partial charge on any atom is -0.508 e. The number of ether oxygens (including phenoxy) is 2.